The van der Waals surface area contributed by atoms with Crippen molar-refractivity contribution >= 4 is 22.9 Å². The molecule has 0 saturated carbocycles. The number of hydrogen-bond donors (Lipinski definition) is 0. The summed E-state index contributed by atoms with van der Waals surface area (Å²) in [5, 5.41) is 0. The first-order valence-electron chi connectivity index (χ1n) is 12.6. The summed E-state index contributed by atoms with van der Waals surface area (Å²) in [6.07, 6.45) is -1.57. The van der Waals surface area contributed by atoms with Gasteiger partial charge in [-0.15, -0.1) is 0 Å². The van der Waals surface area contributed by atoms with E-state index in [1.54, 1.807) is 36.4 Å². The maximum Gasteiger partial charge on any atom is 0.296 e. The number of alkyl halides is 2. The molecule has 2 fully saturated rings. The molecule has 9 nitrogen and oxygen atoms in total. The predicted molar refractivity (Wildman–Crippen MR) is 135 cm³/mol. The molecule has 2 aliphatic rings. The number of halogens is 3. The van der Waals surface area contributed by atoms with Crippen LogP contribution < -0.4 is 14.5 Å². The number of anilines is 2. The van der Waals surface area contributed by atoms with E-state index >= 15 is 0 Å². The molecule has 0 aliphatic carbocycles. The highest BCUT2D eigenvalue weighted by atomic mass is 19.3. The van der Waals surface area contributed by atoms with E-state index in [-0.39, 0.29) is 17.9 Å². The predicted octanol–water partition coefficient (Wildman–Crippen LogP) is 4.17. The van der Waals surface area contributed by atoms with Crippen LogP contribution in [0.25, 0.3) is 17.0 Å². The fraction of sp³-hybridized carbons (Fsp3) is 0.385. The van der Waals surface area contributed by atoms with Gasteiger partial charge in [0.05, 0.1) is 24.2 Å². The Kier molecular flexibility index (Phi) is 6.71. The van der Waals surface area contributed by atoms with Crippen LogP contribution in [0.5, 0.6) is 5.75 Å². The highest BCUT2D eigenvalue weighted by molar-refractivity contribution is 5.77. The normalized spacial score (nSPS) is 16.9. The van der Waals surface area contributed by atoms with Crippen molar-refractivity contribution in [3.8, 4) is 11.7 Å². The number of morpholine rings is 1. The van der Waals surface area contributed by atoms with Crippen LogP contribution in [0.2, 0.25) is 0 Å². The van der Waals surface area contributed by atoms with E-state index in [0.717, 1.165) is 0 Å². The monoisotopic (exact) mass is 525 g/mol. The maximum atomic E-state index is 14.1. The number of imidazole rings is 1. The minimum absolute atomic E-state index is 0.0869. The molecule has 2 aromatic heterocycles. The lowest BCUT2D eigenvalue weighted by molar-refractivity contribution is 0.122. The number of aromatic nitrogens is 5. The number of benzene rings is 2. The smallest absolute Gasteiger partial charge is 0.296 e. The Morgan fingerprint density at radius 1 is 0.816 bits per heavy atom. The highest BCUT2D eigenvalue weighted by Gasteiger charge is 2.28. The van der Waals surface area contributed by atoms with E-state index < -0.39 is 12.2 Å². The van der Waals surface area contributed by atoms with Crippen LogP contribution >= 0.6 is 0 Å². The quantitative estimate of drug-likeness (QED) is 0.371. The number of rotatable bonds is 6. The molecule has 4 heterocycles. The van der Waals surface area contributed by atoms with Crippen molar-refractivity contribution in [3.63, 3.8) is 0 Å². The summed E-state index contributed by atoms with van der Waals surface area (Å²) in [4.78, 5) is 22.1. The van der Waals surface area contributed by atoms with E-state index in [2.05, 4.69) is 15.0 Å². The number of hydrogen-bond acceptors (Lipinski definition) is 8. The van der Waals surface area contributed by atoms with Crippen molar-refractivity contribution in [3.05, 3.63) is 60.2 Å². The fourth-order valence-corrected chi connectivity index (χ4v) is 4.80. The third kappa shape index (κ3) is 4.95. The van der Waals surface area contributed by atoms with Crippen molar-refractivity contribution < 1.29 is 22.6 Å². The van der Waals surface area contributed by atoms with Crippen LogP contribution in [0.3, 0.4) is 0 Å². The van der Waals surface area contributed by atoms with Gasteiger partial charge in [0, 0.05) is 45.1 Å². The minimum atomic E-state index is -2.81. The van der Waals surface area contributed by atoms with Crippen LogP contribution in [-0.4, -0.2) is 70.0 Å². The Hall–Kier alpha value is -3.93. The molecule has 0 N–H and O–H groups in total. The fourth-order valence-electron chi connectivity index (χ4n) is 4.80. The van der Waals surface area contributed by atoms with Crippen LogP contribution in [0.1, 0.15) is 25.1 Å². The van der Waals surface area contributed by atoms with E-state index in [1.807, 2.05) is 9.80 Å². The van der Waals surface area contributed by atoms with Gasteiger partial charge in [0.25, 0.3) is 6.43 Å². The van der Waals surface area contributed by atoms with Gasteiger partial charge in [-0.2, -0.15) is 15.0 Å². The van der Waals surface area contributed by atoms with E-state index in [0.29, 0.717) is 80.9 Å². The van der Waals surface area contributed by atoms with Gasteiger partial charge >= 0.3 is 0 Å². The number of nitrogens with zero attached hydrogens (tertiary/aromatic N) is 7. The summed E-state index contributed by atoms with van der Waals surface area (Å²) in [6, 6.07) is 13.0. The lowest BCUT2D eigenvalue weighted by Gasteiger charge is -2.33. The summed E-state index contributed by atoms with van der Waals surface area (Å²) in [7, 11) is 0. The Morgan fingerprint density at radius 3 is 2.21 bits per heavy atom. The zero-order chi connectivity index (χ0) is 26.1. The van der Waals surface area contributed by atoms with Crippen molar-refractivity contribution in [2.75, 3.05) is 49.2 Å². The molecule has 0 atom stereocenters. The molecule has 0 radical (unpaired) electrons. The molecule has 4 aromatic rings. The molecule has 0 bridgehead atoms. The van der Waals surface area contributed by atoms with Gasteiger partial charge in [0.15, 0.2) is 5.82 Å². The van der Waals surface area contributed by atoms with Crippen LogP contribution in [-0.2, 0) is 4.74 Å². The molecule has 0 unspecified atom stereocenters. The molecular weight excluding hydrogens is 499 g/mol. The van der Waals surface area contributed by atoms with Crippen LogP contribution in [0.15, 0.2) is 48.5 Å². The summed E-state index contributed by atoms with van der Waals surface area (Å²) in [6.45, 7) is 3.37. The van der Waals surface area contributed by atoms with Crippen molar-refractivity contribution in [1.29, 1.82) is 0 Å². The Labute approximate surface area is 216 Å². The molecule has 12 heteroatoms. The van der Waals surface area contributed by atoms with E-state index in [1.165, 1.54) is 16.7 Å². The Bertz CT molecular complexity index is 1420. The largest absolute Gasteiger partial charge is 0.490 e. The average Bonchev–Trinajstić information content (AvgIpc) is 3.34. The first kappa shape index (κ1) is 24.4. The topological polar surface area (TPSA) is 81.4 Å². The molecular formula is C26H26F3N7O2. The summed E-state index contributed by atoms with van der Waals surface area (Å²) in [5.74, 6) is 0.635. The average molecular weight is 526 g/mol. The van der Waals surface area contributed by atoms with Gasteiger partial charge in [-0.25, -0.2) is 18.2 Å². The first-order chi connectivity index (χ1) is 18.5. The van der Waals surface area contributed by atoms with Gasteiger partial charge < -0.3 is 19.3 Å². The second-order valence-electron chi connectivity index (χ2n) is 9.19. The zero-order valence-electron chi connectivity index (χ0n) is 20.5. The molecule has 2 aliphatic heterocycles. The minimum Gasteiger partial charge on any atom is -0.490 e. The number of fused-ring (bicyclic) bond motifs is 1. The molecule has 2 aromatic carbocycles. The number of para-hydroxylation sites is 2. The molecule has 38 heavy (non-hydrogen) atoms. The maximum absolute atomic E-state index is 14.1. The van der Waals surface area contributed by atoms with Gasteiger partial charge in [0.1, 0.15) is 17.7 Å². The molecule has 198 valence electrons. The zero-order valence-corrected chi connectivity index (χ0v) is 20.5. The van der Waals surface area contributed by atoms with Crippen LogP contribution in [0, 0.1) is 5.82 Å². The SMILES string of the molecule is Fc1cccc(OC2CCN(c3nc(N4CCOCC4)nc(-n4c(C(F)F)nc5ccccc54)n3)CC2)c1. The van der Waals surface area contributed by atoms with E-state index in [9.17, 15) is 13.2 Å². The second kappa shape index (κ2) is 10.4. The van der Waals surface area contributed by atoms with E-state index in [4.69, 9.17) is 14.5 Å². The molecule has 6 rings (SSSR count). The van der Waals surface area contributed by atoms with Gasteiger partial charge in [0.2, 0.25) is 17.8 Å². The Balaban J connectivity index is 1.33. The lowest BCUT2D eigenvalue weighted by Crippen LogP contribution is -2.41. The van der Waals surface area contributed by atoms with Gasteiger partial charge in [-0.05, 0) is 24.3 Å². The summed E-state index contributed by atoms with van der Waals surface area (Å²) in [5.41, 5.74) is 0.933. The second-order valence-corrected chi connectivity index (χ2v) is 9.19. The molecule has 0 amide bonds. The Morgan fingerprint density at radius 2 is 1.50 bits per heavy atom. The van der Waals surface area contributed by atoms with Gasteiger partial charge in [-0.1, -0.05) is 18.2 Å². The third-order valence-corrected chi connectivity index (χ3v) is 6.70. The van der Waals surface area contributed by atoms with Crippen molar-refractivity contribution in [1.82, 2.24) is 24.5 Å². The number of piperidine rings is 1. The van der Waals surface area contributed by atoms with Gasteiger partial charge in [-0.3, -0.25) is 4.57 Å². The van der Waals surface area contributed by atoms with Crippen molar-refractivity contribution in [2.45, 2.75) is 25.4 Å². The highest BCUT2D eigenvalue weighted by Crippen LogP contribution is 2.29. The first-order valence-corrected chi connectivity index (χ1v) is 12.6. The molecule has 2 saturated heterocycles. The summed E-state index contributed by atoms with van der Waals surface area (Å²) >= 11 is 0. The lowest BCUT2D eigenvalue weighted by atomic mass is 10.1. The third-order valence-electron chi connectivity index (χ3n) is 6.70. The number of ether oxygens (including phenoxy) is 2. The molecule has 0 spiro atoms. The summed E-state index contributed by atoms with van der Waals surface area (Å²) < 4.78 is 54.5. The standard InChI is InChI=1S/C26H26F3N7O2/c27-17-4-3-5-19(16-17)38-18-8-10-34(11-9-18)24-31-25(35-12-14-37-15-13-35)33-26(32-24)36-21-7-2-1-6-20(21)30-23(36)22(28)29/h1-7,16,18,22H,8-15H2. The van der Waals surface area contributed by atoms with Crippen LogP contribution in [0.4, 0.5) is 25.1 Å². The van der Waals surface area contributed by atoms with Crippen molar-refractivity contribution in [2.24, 2.45) is 0 Å².